The van der Waals surface area contributed by atoms with E-state index in [1.807, 2.05) is 12.1 Å². The summed E-state index contributed by atoms with van der Waals surface area (Å²) in [6.45, 7) is 0.0481. The van der Waals surface area contributed by atoms with Gasteiger partial charge in [-0.1, -0.05) is 0 Å². The minimum absolute atomic E-state index is 0.0107. The number of rotatable bonds is 3. The van der Waals surface area contributed by atoms with E-state index in [1.165, 1.54) is 18.2 Å². The molecular weight excluding hydrogens is 283 g/mol. The van der Waals surface area contributed by atoms with Crippen molar-refractivity contribution >= 4 is 11.6 Å². The molecule has 3 rings (SSSR count). The summed E-state index contributed by atoms with van der Waals surface area (Å²) >= 11 is 0. The first-order valence-electron chi connectivity index (χ1n) is 6.90. The fourth-order valence-corrected chi connectivity index (χ4v) is 2.37. The van der Waals surface area contributed by atoms with Crippen LogP contribution in [0, 0.1) is 17.1 Å². The third-order valence-electron chi connectivity index (χ3n) is 3.54. The van der Waals surface area contributed by atoms with Gasteiger partial charge in [0, 0.05) is 17.7 Å². The van der Waals surface area contributed by atoms with Crippen LogP contribution in [0.4, 0.5) is 10.1 Å². The SMILES string of the molecule is N#Cc1ccc(F)c(COc2ccc3c(c2)CCC(=O)N3)c1. The smallest absolute Gasteiger partial charge is 0.224 e. The van der Waals surface area contributed by atoms with Gasteiger partial charge in [0.2, 0.25) is 5.91 Å². The van der Waals surface area contributed by atoms with Crippen LogP contribution in [-0.2, 0) is 17.8 Å². The van der Waals surface area contributed by atoms with Crippen LogP contribution in [0.3, 0.4) is 0 Å². The van der Waals surface area contributed by atoms with E-state index >= 15 is 0 Å². The number of ether oxygens (including phenoxy) is 1. The normalized spacial score (nSPS) is 13.0. The van der Waals surface area contributed by atoms with Crippen LogP contribution in [0.25, 0.3) is 0 Å². The Kier molecular flexibility index (Phi) is 3.75. The zero-order valence-electron chi connectivity index (χ0n) is 11.7. The number of nitrogens with one attached hydrogen (secondary N) is 1. The number of hydrogen-bond acceptors (Lipinski definition) is 3. The molecule has 0 atom stereocenters. The van der Waals surface area contributed by atoms with Gasteiger partial charge in [-0.15, -0.1) is 0 Å². The Balaban J connectivity index is 1.75. The summed E-state index contributed by atoms with van der Waals surface area (Å²) in [4.78, 5) is 11.3. The summed E-state index contributed by atoms with van der Waals surface area (Å²) < 4.78 is 19.3. The van der Waals surface area contributed by atoms with Crippen LogP contribution in [0.2, 0.25) is 0 Å². The van der Waals surface area contributed by atoms with Gasteiger partial charge in [-0.25, -0.2) is 4.39 Å². The first kappa shape index (κ1) is 14.1. The molecule has 0 bridgehead atoms. The average molecular weight is 296 g/mol. The number of benzene rings is 2. The molecule has 2 aromatic rings. The fourth-order valence-electron chi connectivity index (χ4n) is 2.37. The van der Waals surface area contributed by atoms with E-state index in [4.69, 9.17) is 10.00 Å². The van der Waals surface area contributed by atoms with E-state index in [2.05, 4.69) is 5.32 Å². The number of nitriles is 1. The molecule has 0 spiro atoms. The Bertz CT molecular complexity index is 781. The maximum atomic E-state index is 13.7. The zero-order chi connectivity index (χ0) is 15.5. The number of hydrogen-bond donors (Lipinski definition) is 1. The van der Waals surface area contributed by atoms with E-state index in [-0.39, 0.29) is 12.5 Å². The second-order valence-corrected chi connectivity index (χ2v) is 5.07. The lowest BCUT2D eigenvalue weighted by atomic mass is 10.0. The standard InChI is InChI=1S/C17H13FN2O2/c18-15-4-1-11(9-19)7-13(15)10-22-14-3-5-16-12(8-14)2-6-17(21)20-16/h1,3-5,7-8H,2,6,10H2,(H,20,21). The third kappa shape index (κ3) is 2.91. The molecule has 1 N–H and O–H groups in total. The second-order valence-electron chi connectivity index (χ2n) is 5.07. The minimum Gasteiger partial charge on any atom is -0.489 e. The molecule has 1 aliphatic rings. The van der Waals surface area contributed by atoms with Crippen LogP contribution in [0.5, 0.6) is 5.75 Å². The molecule has 0 saturated heterocycles. The summed E-state index contributed by atoms with van der Waals surface area (Å²) in [5.41, 5.74) is 2.53. The summed E-state index contributed by atoms with van der Waals surface area (Å²) in [5.74, 6) is 0.220. The molecule has 0 fully saturated rings. The van der Waals surface area contributed by atoms with Gasteiger partial charge in [0.15, 0.2) is 0 Å². The predicted octanol–water partition coefficient (Wildman–Crippen LogP) is 3.16. The minimum atomic E-state index is -0.399. The van der Waals surface area contributed by atoms with Crippen LogP contribution in [0.1, 0.15) is 23.1 Å². The van der Waals surface area contributed by atoms with Crippen molar-refractivity contribution in [1.82, 2.24) is 0 Å². The molecule has 1 amide bonds. The molecule has 4 nitrogen and oxygen atoms in total. The Morgan fingerprint density at radius 3 is 2.91 bits per heavy atom. The number of nitrogens with zero attached hydrogens (tertiary/aromatic N) is 1. The second kappa shape index (κ2) is 5.86. The van der Waals surface area contributed by atoms with E-state index in [0.717, 1.165) is 11.3 Å². The third-order valence-corrected chi connectivity index (χ3v) is 3.54. The molecule has 22 heavy (non-hydrogen) atoms. The van der Waals surface area contributed by atoms with Gasteiger partial charge < -0.3 is 10.1 Å². The molecule has 0 aromatic heterocycles. The lowest BCUT2D eigenvalue weighted by Crippen LogP contribution is -2.18. The largest absolute Gasteiger partial charge is 0.489 e. The predicted molar refractivity (Wildman–Crippen MR) is 78.8 cm³/mol. The van der Waals surface area contributed by atoms with Crippen molar-refractivity contribution in [2.45, 2.75) is 19.4 Å². The lowest BCUT2D eigenvalue weighted by molar-refractivity contribution is -0.116. The zero-order valence-corrected chi connectivity index (χ0v) is 11.7. The summed E-state index contributed by atoms with van der Waals surface area (Å²) in [6.07, 6.45) is 1.12. The number of halogens is 1. The van der Waals surface area contributed by atoms with Gasteiger partial charge in [-0.3, -0.25) is 4.79 Å². The summed E-state index contributed by atoms with van der Waals surface area (Å²) in [7, 11) is 0. The number of anilines is 1. The first-order valence-corrected chi connectivity index (χ1v) is 6.90. The molecule has 0 radical (unpaired) electrons. The molecule has 110 valence electrons. The Hall–Kier alpha value is -2.87. The number of amides is 1. The number of carbonyl (C=O) groups is 1. The summed E-state index contributed by atoms with van der Waals surface area (Å²) in [5, 5.41) is 11.6. The van der Waals surface area contributed by atoms with E-state index in [1.54, 1.807) is 12.1 Å². The van der Waals surface area contributed by atoms with Crippen molar-refractivity contribution in [3.8, 4) is 11.8 Å². The Morgan fingerprint density at radius 2 is 2.09 bits per heavy atom. The van der Waals surface area contributed by atoms with Gasteiger partial charge >= 0.3 is 0 Å². The molecule has 0 unspecified atom stereocenters. The van der Waals surface area contributed by atoms with Crippen LogP contribution < -0.4 is 10.1 Å². The maximum absolute atomic E-state index is 13.7. The van der Waals surface area contributed by atoms with Crippen molar-refractivity contribution in [3.63, 3.8) is 0 Å². The molecule has 1 heterocycles. The van der Waals surface area contributed by atoms with Crippen molar-refractivity contribution in [2.24, 2.45) is 0 Å². The molecule has 0 aliphatic carbocycles. The van der Waals surface area contributed by atoms with E-state index < -0.39 is 5.82 Å². The lowest BCUT2D eigenvalue weighted by Gasteiger charge is -2.17. The fraction of sp³-hybridized carbons (Fsp3) is 0.176. The number of fused-ring (bicyclic) bond motifs is 1. The van der Waals surface area contributed by atoms with Crippen LogP contribution in [-0.4, -0.2) is 5.91 Å². The Labute approximate surface area is 127 Å². The Morgan fingerprint density at radius 1 is 1.23 bits per heavy atom. The van der Waals surface area contributed by atoms with Crippen LogP contribution >= 0.6 is 0 Å². The topological polar surface area (TPSA) is 62.1 Å². The highest BCUT2D eigenvalue weighted by molar-refractivity contribution is 5.93. The van der Waals surface area contributed by atoms with Crippen molar-refractivity contribution in [1.29, 1.82) is 5.26 Å². The molecule has 2 aromatic carbocycles. The van der Waals surface area contributed by atoms with Gasteiger partial charge in [0.05, 0.1) is 11.6 Å². The maximum Gasteiger partial charge on any atom is 0.224 e. The molecule has 5 heteroatoms. The molecule has 0 saturated carbocycles. The van der Waals surface area contributed by atoms with E-state index in [9.17, 15) is 9.18 Å². The highest BCUT2D eigenvalue weighted by atomic mass is 19.1. The van der Waals surface area contributed by atoms with E-state index in [0.29, 0.717) is 29.7 Å². The monoisotopic (exact) mass is 296 g/mol. The first-order chi connectivity index (χ1) is 10.7. The van der Waals surface area contributed by atoms with Crippen molar-refractivity contribution < 1.29 is 13.9 Å². The van der Waals surface area contributed by atoms with Gasteiger partial charge in [-0.2, -0.15) is 5.26 Å². The number of carbonyl (C=O) groups excluding carboxylic acids is 1. The quantitative estimate of drug-likeness (QED) is 0.946. The van der Waals surface area contributed by atoms with Crippen LogP contribution in [0.15, 0.2) is 36.4 Å². The average Bonchev–Trinajstić information content (AvgIpc) is 2.54. The van der Waals surface area contributed by atoms with Crippen molar-refractivity contribution in [2.75, 3.05) is 5.32 Å². The molecule has 1 aliphatic heterocycles. The summed E-state index contributed by atoms with van der Waals surface area (Å²) in [6, 6.07) is 11.5. The highest BCUT2D eigenvalue weighted by Gasteiger charge is 2.15. The highest BCUT2D eigenvalue weighted by Crippen LogP contribution is 2.27. The number of aryl methyl sites for hydroxylation is 1. The van der Waals surface area contributed by atoms with Gasteiger partial charge in [0.25, 0.3) is 0 Å². The van der Waals surface area contributed by atoms with Crippen molar-refractivity contribution in [3.05, 3.63) is 58.9 Å². The van der Waals surface area contributed by atoms with Gasteiger partial charge in [0.1, 0.15) is 18.2 Å². The van der Waals surface area contributed by atoms with Gasteiger partial charge in [-0.05, 0) is 48.4 Å². The molecular formula is C17H13FN2O2.